The predicted molar refractivity (Wildman–Crippen MR) is 43.7 cm³/mol. The van der Waals surface area contributed by atoms with Crippen LogP contribution < -0.4 is 0 Å². The minimum Gasteiger partial charge on any atom is -0.303 e. The molecule has 1 rings (SSSR count). The summed E-state index contributed by atoms with van der Waals surface area (Å²) in [6.45, 7) is 0. The fourth-order valence-corrected chi connectivity index (χ4v) is 1.85. The van der Waals surface area contributed by atoms with Crippen molar-refractivity contribution < 1.29 is 4.79 Å². The molecule has 0 fully saturated rings. The number of aldehydes is 1. The molecule has 0 amide bonds. The van der Waals surface area contributed by atoms with Crippen molar-refractivity contribution in [3.63, 3.8) is 0 Å². The van der Waals surface area contributed by atoms with Crippen molar-refractivity contribution in [3.05, 3.63) is 11.1 Å². The number of hydrogen-bond acceptors (Lipinski definition) is 4. The Bertz CT molecular complexity index is 221. The number of carbonyl (C=O) groups is 1. The monoisotopic (exact) mass is 173 g/mol. The first-order valence-corrected chi connectivity index (χ1v) is 4.89. The summed E-state index contributed by atoms with van der Waals surface area (Å²) in [4.78, 5) is 14.2. The van der Waals surface area contributed by atoms with Gasteiger partial charge in [0.2, 0.25) is 0 Å². The van der Waals surface area contributed by atoms with Crippen LogP contribution in [0, 0.1) is 0 Å². The molecular formula is C6H7NOS2. The zero-order valence-electron chi connectivity index (χ0n) is 5.53. The van der Waals surface area contributed by atoms with Gasteiger partial charge in [0.15, 0.2) is 0 Å². The lowest BCUT2D eigenvalue weighted by molar-refractivity contribution is -0.107. The normalized spacial score (nSPS) is 9.70. The van der Waals surface area contributed by atoms with E-state index >= 15 is 0 Å². The van der Waals surface area contributed by atoms with Crippen LogP contribution in [-0.2, 0) is 11.2 Å². The van der Waals surface area contributed by atoms with Gasteiger partial charge in [-0.3, -0.25) is 0 Å². The third kappa shape index (κ3) is 1.82. The van der Waals surface area contributed by atoms with Crippen LogP contribution in [0.15, 0.2) is 9.72 Å². The minimum atomic E-state index is 0.442. The van der Waals surface area contributed by atoms with Gasteiger partial charge in [0.25, 0.3) is 0 Å². The number of thioether (sulfide) groups is 1. The van der Waals surface area contributed by atoms with Gasteiger partial charge in [-0.2, -0.15) is 0 Å². The van der Waals surface area contributed by atoms with E-state index in [9.17, 15) is 4.79 Å². The van der Waals surface area contributed by atoms with Crippen LogP contribution >= 0.6 is 23.1 Å². The molecule has 0 radical (unpaired) electrons. The highest BCUT2D eigenvalue weighted by Crippen LogP contribution is 2.19. The van der Waals surface area contributed by atoms with Crippen molar-refractivity contribution in [2.24, 2.45) is 0 Å². The van der Waals surface area contributed by atoms with E-state index in [1.807, 2.05) is 11.6 Å². The van der Waals surface area contributed by atoms with Crippen LogP contribution in [0.5, 0.6) is 0 Å². The number of carbonyl (C=O) groups excluding carboxylic acids is 1. The molecule has 1 aromatic heterocycles. The molecule has 10 heavy (non-hydrogen) atoms. The molecule has 0 spiro atoms. The number of hydrogen-bond donors (Lipinski definition) is 0. The Hall–Kier alpha value is -0.350. The van der Waals surface area contributed by atoms with Gasteiger partial charge in [-0.15, -0.1) is 11.3 Å². The molecule has 2 nitrogen and oxygen atoms in total. The van der Waals surface area contributed by atoms with Crippen LogP contribution in [-0.4, -0.2) is 17.5 Å². The van der Waals surface area contributed by atoms with Crippen molar-refractivity contribution in [3.8, 4) is 0 Å². The lowest BCUT2D eigenvalue weighted by atomic mass is 10.4. The van der Waals surface area contributed by atoms with Crippen molar-refractivity contribution >= 4 is 29.4 Å². The Morgan fingerprint density at radius 1 is 1.90 bits per heavy atom. The zero-order valence-corrected chi connectivity index (χ0v) is 7.17. The molecule has 0 saturated heterocycles. The number of nitrogens with zero attached hydrogens (tertiary/aromatic N) is 1. The fourth-order valence-electron chi connectivity index (χ4n) is 0.561. The van der Waals surface area contributed by atoms with Crippen molar-refractivity contribution in [2.75, 3.05) is 6.26 Å². The number of aromatic nitrogens is 1. The number of rotatable bonds is 3. The van der Waals surface area contributed by atoms with Crippen LogP contribution in [0.1, 0.15) is 5.69 Å². The van der Waals surface area contributed by atoms with Gasteiger partial charge in [0.1, 0.15) is 10.6 Å². The van der Waals surface area contributed by atoms with Gasteiger partial charge in [-0.25, -0.2) is 4.98 Å². The van der Waals surface area contributed by atoms with Crippen LogP contribution in [0.25, 0.3) is 0 Å². The molecule has 0 atom stereocenters. The molecule has 54 valence electrons. The first-order chi connectivity index (χ1) is 4.86. The highest BCUT2D eigenvalue weighted by molar-refractivity contribution is 8.00. The van der Waals surface area contributed by atoms with Gasteiger partial charge in [-0.1, -0.05) is 11.8 Å². The summed E-state index contributed by atoms with van der Waals surface area (Å²) in [5.41, 5.74) is 0.879. The summed E-state index contributed by atoms with van der Waals surface area (Å²) in [6.07, 6.45) is 3.29. The molecule has 0 unspecified atom stereocenters. The van der Waals surface area contributed by atoms with E-state index in [2.05, 4.69) is 4.98 Å². The van der Waals surface area contributed by atoms with Crippen molar-refractivity contribution in [2.45, 2.75) is 10.8 Å². The minimum absolute atomic E-state index is 0.442. The van der Waals surface area contributed by atoms with E-state index in [1.165, 1.54) is 0 Å². The molecule has 0 aliphatic heterocycles. The van der Waals surface area contributed by atoms with Gasteiger partial charge in [0.05, 0.1) is 5.69 Å². The average molecular weight is 173 g/mol. The SMILES string of the molecule is CSc1nc(CC=O)cs1. The molecule has 0 aliphatic rings. The fraction of sp³-hybridized carbons (Fsp3) is 0.333. The highest BCUT2D eigenvalue weighted by Gasteiger charge is 1.97. The van der Waals surface area contributed by atoms with Crippen LogP contribution in [0.3, 0.4) is 0 Å². The van der Waals surface area contributed by atoms with Gasteiger partial charge >= 0.3 is 0 Å². The van der Waals surface area contributed by atoms with Crippen molar-refractivity contribution in [1.29, 1.82) is 0 Å². The maximum atomic E-state index is 10.0. The van der Waals surface area contributed by atoms with E-state index in [4.69, 9.17) is 0 Å². The second-order valence-electron chi connectivity index (χ2n) is 1.68. The topological polar surface area (TPSA) is 30.0 Å². The second-order valence-corrected chi connectivity index (χ2v) is 3.59. The third-order valence-electron chi connectivity index (χ3n) is 0.998. The average Bonchev–Trinajstić information content (AvgIpc) is 2.37. The predicted octanol–water partition coefficient (Wildman–Crippen LogP) is 1.61. The molecule has 0 saturated carbocycles. The first kappa shape index (κ1) is 7.75. The zero-order chi connectivity index (χ0) is 7.40. The molecule has 1 heterocycles. The molecule has 1 aromatic rings. The maximum Gasteiger partial charge on any atom is 0.149 e. The first-order valence-electron chi connectivity index (χ1n) is 2.79. The summed E-state index contributed by atoms with van der Waals surface area (Å²) < 4.78 is 1.02. The molecule has 0 N–H and O–H groups in total. The van der Waals surface area contributed by atoms with Gasteiger partial charge in [0, 0.05) is 11.8 Å². The highest BCUT2D eigenvalue weighted by atomic mass is 32.2. The maximum absolute atomic E-state index is 10.0. The Balaban J connectivity index is 2.67. The van der Waals surface area contributed by atoms with Crippen LogP contribution in [0.4, 0.5) is 0 Å². The summed E-state index contributed by atoms with van der Waals surface area (Å²) in [7, 11) is 0. The molecule has 0 aliphatic carbocycles. The molecular weight excluding hydrogens is 166 g/mol. The van der Waals surface area contributed by atoms with Gasteiger partial charge in [-0.05, 0) is 6.26 Å². The second kappa shape index (κ2) is 3.73. The Kier molecular flexibility index (Phi) is 2.89. The number of thiazole rings is 1. The van der Waals surface area contributed by atoms with E-state index in [-0.39, 0.29) is 0 Å². The summed E-state index contributed by atoms with van der Waals surface area (Å²) in [5, 5.41) is 1.92. The summed E-state index contributed by atoms with van der Waals surface area (Å²) in [5.74, 6) is 0. The third-order valence-corrected chi connectivity index (χ3v) is 2.91. The smallest absolute Gasteiger partial charge is 0.149 e. The molecule has 0 aromatic carbocycles. The van der Waals surface area contributed by atoms with E-state index in [0.29, 0.717) is 6.42 Å². The Labute approximate surface area is 67.7 Å². The molecule has 0 bridgehead atoms. The lowest BCUT2D eigenvalue weighted by Gasteiger charge is -1.82. The summed E-state index contributed by atoms with van der Waals surface area (Å²) in [6, 6.07) is 0. The van der Waals surface area contributed by atoms with Crippen LogP contribution in [0.2, 0.25) is 0 Å². The summed E-state index contributed by atoms with van der Waals surface area (Å²) >= 11 is 3.19. The quantitative estimate of drug-likeness (QED) is 0.514. The standard InChI is InChI=1S/C6H7NOS2/c1-9-6-7-5(2-3-8)4-10-6/h3-4H,2H2,1H3. The van der Waals surface area contributed by atoms with Gasteiger partial charge < -0.3 is 4.79 Å². The van der Waals surface area contributed by atoms with Crippen molar-refractivity contribution in [1.82, 2.24) is 4.98 Å². The Morgan fingerprint density at radius 2 is 2.70 bits per heavy atom. The van der Waals surface area contributed by atoms with E-state index < -0.39 is 0 Å². The van der Waals surface area contributed by atoms with E-state index in [1.54, 1.807) is 23.1 Å². The van der Waals surface area contributed by atoms with E-state index in [0.717, 1.165) is 16.3 Å². The Morgan fingerprint density at radius 3 is 3.20 bits per heavy atom. The molecule has 4 heteroatoms. The largest absolute Gasteiger partial charge is 0.303 e. The lowest BCUT2D eigenvalue weighted by Crippen LogP contribution is -1.83.